The van der Waals surface area contributed by atoms with Gasteiger partial charge in [0.1, 0.15) is 23.4 Å². The lowest BCUT2D eigenvalue weighted by Crippen LogP contribution is -2.04. The van der Waals surface area contributed by atoms with Crippen molar-refractivity contribution in [2.24, 2.45) is 0 Å². The summed E-state index contributed by atoms with van der Waals surface area (Å²) < 4.78 is 20.3. The van der Waals surface area contributed by atoms with E-state index in [0.717, 1.165) is 23.1 Å². The maximum atomic E-state index is 14.3. The summed E-state index contributed by atoms with van der Waals surface area (Å²) in [6.45, 7) is 0. The van der Waals surface area contributed by atoms with Crippen LogP contribution in [0.1, 0.15) is 34.0 Å². The molecule has 0 saturated carbocycles. The number of hydrogen-bond acceptors (Lipinski definition) is 3. The summed E-state index contributed by atoms with van der Waals surface area (Å²) >= 11 is 6.19. The molecule has 0 aliphatic heterocycles. The second-order valence-corrected chi connectivity index (χ2v) is 6.86. The summed E-state index contributed by atoms with van der Waals surface area (Å²) in [5, 5.41) is 10.2. The fourth-order valence-electron chi connectivity index (χ4n) is 3.57. The minimum Gasteiger partial charge on any atom is -0.507 e. The van der Waals surface area contributed by atoms with E-state index >= 15 is 0 Å². The van der Waals surface area contributed by atoms with Gasteiger partial charge in [-0.25, -0.2) is 4.39 Å². The van der Waals surface area contributed by atoms with Crippen LogP contribution in [0.25, 0.3) is 11.1 Å². The average Bonchev–Trinajstić information content (AvgIpc) is 3.08. The van der Waals surface area contributed by atoms with Gasteiger partial charge in [0.05, 0.1) is 10.6 Å². The first-order valence-electron chi connectivity index (χ1n) is 8.59. The SMILES string of the molecule is O=Cc1cc(Cl)c(O[C@H]2CCc3c(-c4ccccc4F)cccc32)cc1O. The minimum absolute atomic E-state index is 0.112. The van der Waals surface area contributed by atoms with Crippen molar-refractivity contribution in [3.05, 3.63) is 82.1 Å². The number of hydrogen-bond donors (Lipinski definition) is 1. The van der Waals surface area contributed by atoms with Crippen LogP contribution in [0.2, 0.25) is 5.02 Å². The van der Waals surface area contributed by atoms with Gasteiger partial charge in [-0.1, -0.05) is 48.0 Å². The molecule has 1 aliphatic carbocycles. The second-order valence-electron chi connectivity index (χ2n) is 6.46. The van der Waals surface area contributed by atoms with Crippen LogP contribution >= 0.6 is 11.6 Å². The Balaban J connectivity index is 1.69. The van der Waals surface area contributed by atoms with Crippen molar-refractivity contribution in [2.75, 3.05) is 0 Å². The summed E-state index contributed by atoms with van der Waals surface area (Å²) in [6, 6.07) is 15.2. The minimum atomic E-state index is -0.259. The van der Waals surface area contributed by atoms with Crippen LogP contribution < -0.4 is 4.74 Å². The predicted octanol–water partition coefficient (Wildman–Crippen LogP) is 5.73. The molecule has 0 saturated heterocycles. The highest BCUT2D eigenvalue weighted by molar-refractivity contribution is 6.32. The van der Waals surface area contributed by atoms with E-state index in [1.807, 2.05) is 24.3 Å². The van der Waals surface area contributed by atoms with E-state index in [1.54, 1.807) is 12.1 Å². The first-order chi connectivity index (χ1) is 13.1. The summed E-state index contributed by atoms with van der Waals surface area (Å²) in [4.78, 5) is 10.9. The van der Waals surface area contributed by atoms with Gasteiger partial charge in [-0.15, -0.1) is 0 Å². The molecule has 1 aliphatic rings. The van der Waals surface area contributed by atoms with Crippen LogP contribution in [0.15, 0.2) is 54.6 Å². The first kappa shape index (κ1) is 17.6. The molecule has 0 unspecified atom stereocenters. The van der Waals surface area contributed by atoms with Crippen molar-refractivity contribution in [1.29, 1.82) is 0 Å². The van der Waals surface area contributed by atoms with Crippen LogP contribution in [-0.4, -0.2) is 11.4 Å². The number of aldehydes is 1. The molecule has 0 radical (unpaired) electrons. The van der Waals surface area contributed by atoms with Crippen LogP contribution in [0, 0.1) is 5.82 Å². The van der Waals surface area contributed by atoms with Crippen LogP contribution in [0.4, 0.5) is 4.39 Å². The summed E-state index contributed by atoms with van der Waals surface area (Å²) in [7, 11) is 0. The molecule has 0 aromatic heterocycles. The lowest BCUT2D eigenvalue weighted by Gasteiger charge is -2.17. The predicted molar refractivity (Wildman–Crippen MR) is 102 cm³/mol. The van der Waals surface area contributed by atoms with Crippen LogP contribution in [-0.2, 0) is 6.42 Å². The number of benzene rings is 3. The standard InChI is InChI=1S/C22H16ClFO3/c23-18-10-13(12-25)20(26)11-22(18)27-21-9-8-15-14(5-3-6-17(15)21)16-4-1-2-7-19(16)24/h1-7,10-12,21,26H,8-9H2/t21-/m0/s1. The molecule has 3 aromatic rings. The lowest BCUT2D eigenvalue weighted by molar-refractivity contribution is 0.112. The molecule has 0 heterocycles. The van der Waals surface area contributed by atoms with Gasteiger partial charge in [0.15, 0.2) is 6.29 Å². The van der Waals surface area contributed by atoms with E-state index in [1.165, 1.54) is 18.2 Å². The smallest absolute Gasteiger partial charge is 0.153 e. The second kappa shape index (κ2) is 7.05. The number of aromatic hydroxyl groups is 1. The Hall–Kier alpha value is -2.85. The molecular weight excluding hydrogens is 367 g/mol. The molecule has 3 aromatic carbocycles. The molecular formula is C22H16ClFO3. The van der Waals surface area contributed by atoms with Crippen molar-refractivity contribution in [2.45, 2.75) is 18.9 Å². The van der Waals surface area contributed by atoms with Gasteiger partial charge in [-0.3, -0.25) is 4.79 Å². The number of rotatable bonds is 4. The Kier molecular flexibility index (Phi) is 4.58. The summed E-state index contributed by atoms with van der Waals surface area (Å²) in [5.41, 5.74) is 3.58. The quantitative estimate of drug-likeness (QED) is 0.586. The van der Waals surface area contributed by atoms with E-state index in [9.17, 15) is 14.3 Å². The van der Waals surface area contributed by atoms with Gasteiger partial charge >= 0.3 is 0 Å². The van der Waals surface area contributed by atoms with Crippen molar-refractivity contribution in [3.8, 4) is 22.6 Å². The van der Waals surface area contributed by atoms with Crippen molar-refractivity contribution in [3.63, 3.8) is 0 Å². The van der Waals surface area contributed by atoms with Gasteiger partial charge in [0, 0.05) is 11.6 Å². The number of phenolic OH excluding ortho intramolecular Hbond substituents is 1. The number of phenols is 1. The van der Waals surface area contributed by atoms with Gasteiger partial charge in [0.25, 0.3) is 0 Å². The molecule has 136 valence electrons. The molecule has 1 N–H and O–H groups in total. The maximum Gasteiger partial charge on any atom is 0.153 e. The summed E-state index contributed by atoms with van der Waals surface area (Å²) in [6.07, 6.45) is 1.75. The Morgan fingerprint density at radius 2 is 1.89 bits per heavy atom. The van der Waals surface area contributed by atoms with E-state index < -0.39 is 0 Å². The highest BCUT2D eigenvalue weighted by Gasteiger charge is 2.28. The van der Waals surface area contributed by atoms with Gasteiger partial charge < -0.3 is 9.84 Å². The number of ether oxygens (including phenoxy) is 1. The largest absolute Gasteiger partial charge is 0.507 e. The van der Waals surface area contributed by atoms with Gasteiger partial charge in [-0.2, -0.15) is 0 Å². The third-order valence-corrected chi connectivity index (χ3v) is 5.15. The molecule has 0 bridgehead atoms. The zero-order chi connectivity index (χ0) is 19.0. The Labute approximate surface area is 161 Å². The molecule has 4 rings (SSSR count). The van der Waals surface area contributed by atoms with E-state index in [0.29, 0.717) is 24.0 Å². The Morgan fingerprint density at radius 3 is 2.67 bits per heavy atom. The first-order valence-corrected chi connectivity index (χ1v) is 8.97. The molecule has 3 nitrogen and oxygen atoms in total. The molecule has 27 heavy (non-hydrogen) atoms. The average molecular weight is 383 g/mol. The zero-order valence-corrected chi connectivity index (χ0v) is 15.0. The number of carbonyl (C=O) groups excluding carboxylic acids is 1. The third-order valence-electron chi connectivity index (χ3n) is 4.86. The maximum absolute atomic E-state index is 14.3. The van der Waals surface area contributed by atoms with E-state index in [4.69, 9.17) is 16.3 Å². The number of fused-ring (bicyclic) bond motifs is 1. The topological polar surface area (TPSA) is 46.5 Å². The number of carbonyl (C=O) groups is 1. The normalized spacial score (nSPS) is 15.4. The zero-order valence-electron chi connectivity index (χ0n) is 14.3. The van der Waals surface area contributed by atoms with Crippen LogP contribution in [0.3, 0.4) is 0 Å². The third kappa shape index (κ3) is 3.17. The lowest BCUT2D eigenvalue weighted by atomic mass is 9.96. The number of halogens is 2. The fraction of sp³-hybridized carbons (Fsp3) is 0.136. The fourth-order valence-corrected chi connectivity index (χ4v) is 3.78. The van der Waals surface area contributed by atoms with Crippen molar-refractivity contribution < 1.29 is 19.0 Å². The highest BCUT2D eigenvalue weighted by Crippen LogP contribution is 2.42. The van der Waals surface area contributed by atoms with Crippen molar-refractivity contribution in [1.82, 2.24) is 0 Å². The molecule has 5 heteroatoms. The van der Waals surface area contributed by atoms with Gasteiger partial charge in [-0.05, 0) is 41.7 Å². The monoisotopic (exact) mass is 382 g/mol. The van der Waals surface area contributed by atoms with Crippen molar-refractivity contribution >= 4 is 17.9 Å². The van der Waals surface area contributed by atoms with E-state index in [2.05, 4.69) is 0 Å². The summed E-state index contributed by atoms with van der Waals surface area (Å²) in [5.74, 6) is -0.121. The van der Waals surface area contributed by atoms with Gasteiger partial charge in [0.2, 0.25) is 0 Å². The molecule has 1 atom stereocenters. The Bertz CT molecular complexity index is 1030. The molecule has 0 fully saturated rings. The molecule has 0 spiro atoms. The van der Waals surface area contributed by atoms with Crippen LogP contribution in [0.5, 0.6) is 11.5 Å². The molecule has 0 amide bonds. The Morgan fingerprint density at radius 1 is 1.11 bits per heavy atom. The highest BCUT2D eigenvalue weighted by atomic mass is 35.5. The van der Waals surface area contributed by atoms with E-state index in [-0.39, 0.29) is 28.3 Å².